The molecule has 4 amide bonds. The van der Waals surface area contributed by atoms with Crippen LogP contribution < -0.4 is 16.4 Å². The predicted molar refractivity (Wildman–Crippen MR) is 263 cm³/mol. The summed E-state index contributed by atoms with van der Waals surface area (Å²) in [6, 6.07) is 4.33. The van der Waals surface area contributed by atoms with Crippen LogP contribution in [0.4, 0.5) is 0 Å². The van der Waals surface area contributed by atoms with Crippen LogP contribution >= 0.6 is 0 Å². The number of ether oxygens (including phenoxy) is 4. The molecule has 19 nitrogen and oxygen atoms in total. The highest BCUT2D eigenvalue weighted by atomic mass is 16.6. The van der Waals surface area contributed by atoms with Gasteiger partial charge >= 0.3 is 11.9 Å². The number of aryl methyl sites for hydroxylation is 2. The van der Waals surface area contributed by atoms with E-state index in [1.807, 2.05) is 45.9 Å². The number of nitrogens with zero attached hydrogens (tertiary/aromatic N) is 4. The number of nitrogens with one attached hydrogen (secondary N) is 4. The summed E-state index contributed by atoms with van der Waals surface area (Å²) in [6.07, 6.45) is 4.14. The van der Waals surface area contributed by atoms with Gasteiger partial charge in [-0.05, 0) is 94.0 Å². The zero-order chi connectivity index (χ0) is 50.4. The molecule has 7 heterocycles. The minimum absolute atomic E-state index is 0.0318. The fraction of sp³-hybridized carbons (Fsp3) is 0.490. The lowest BCUT2D eigenvalue weighted by Gasteiger charge is -2.31. The topological polar surface area (TPSA) is 253 Å². The minimum Gasteiger partial charge on any atom is -0.469 e. The van der Waals surface area contributed by atoms with Crippen molar-refractivity contribution in [2.24, 2.45) is 5.73 Å². The molecule has 1 fully saturated rings. The average molecular weight is 964 g/mol. The molecule has 0 unspecified atom stereocenters. The maximum absolute atomic E-state index is 15.0. The van der Waals surface area contributed by atoms with Crippen LogP contribution in [0, 0.1) is 13.8 Å². The molecule has 19 heteroatoms. The zero-order valence-corrected chi connectivity index (χ0v) is 41.3. The van der Waals surface area contributed by atoms with E-state index >= 15 is 0 Å². The number of allylic oxidation sites excluding steroid dienone is 2. The molecule has 0 spiro atoms. The lowest BCUT2D eigenvalue weighted by molar-refractivity contribution is -0.141. The number of aromatic nitrogens is 4. The van der Waals surface area contributed by atoms with E-state index < -0.39 is 35.8 Å². The third kappa shape index (κ3) is 11.1. The van der Waals surface area contributed by atoms with Gasteiger partial charge in [0.05, 0.1) is 73.3 Å². The van der Waals surface area contributed by atoms with Crippen molar-refractivity contribution in [2.45, 2.75) is 91.6 Å². The van der Waals surface area contributed by atoms with Gasteiger partial charge < -0.3 is 45.3 Å². The molecular formula is C51H65N9O10. The van der Waals surface area contributed by atoms with Crippen molar-refractivity contribution in [1.29, 1.82) is 0 Å². The van der Waals surface area contributed by atoms with E-state index in [0.717, 1.165) is 22.3 Å². The van der Waals surface area contributed by atoms with Crippen molar-refractivity contribution in [1.82, 2.24) is 40.4 Å². The highest BCUT2D eigenvalue weighted by molar-refractivity contribution is 6.23. The number of carbonyl (C=O) groups is 6. The molecule has 3 aromatic heterocycles. The highest BCUT2D eigenvalue weighted by Gasteiger charge is 2.41. The van der Waals surface area contributed by atoms with E-state index in [-0.39, 0.29) is 63.0 Å². The number of fused-ring (bicyclic) bond motifs is 8. The summed E-state index contributed by atoms with van der Waals surface area (Å²) in [5.41, 5.74) is 15.5. The van der Waals surface area contributed by atoms with Gasteiger partial charge in [0.15, 0.2) is 0 Å². The first-order chi connectivity index (χ1) is 33.5. The van der Waals surface area contributed by atoms with E-state index in [4.69, 9.17) is 34.6 Å². The van der Waals surface area contributed by atoms with Crippen LogP contribution in [0.3, 0.4) is 0 Å². The molecule has 6 N–H and O–H groups in total. The molecule has 3 aromatic rings. The summed E-state index contributed by atoms with van der Waals surface area (Å²) < 4.78 is 21.6. The number of methoxy groups -OCH3 is 1. The Balaban J connectivity index is 1.25. The first-order valence-corrected chi connectivity index (χ1v) is 24.0. The van der Waals surface area contributed by atoms with Crippen molar-refractivity contribution in [3.63, 3.8) is 0 Å². The van der Waals surface area contributed by atoms with E-state index in [2.05, 4.69) is 32.4 Å². The number of hydrogen-bond acceptors (Lipinski definition) is 14. The Morgan fingerprint density at radius 1 is 0.914 bits per heavy atom. The summed E-state index contributed by atoms with van der Waals surface area (Å²) in [4.78, 5) is 100. The van der Waals surface area contributed by atoms with Gasteiger partial charge in [0.1, 0.15) is 12.6 Å². The second kappa shape index (κ2) is 22.5. The van der Waals surface area contributed by atoms with Gasteiger partial charge in [-0.1, -0.05) is 13.8 Å². The first-order valence-electron chi connectivity index (χ1n) is 24.0. The van der Waals surface area contributed by atoms with E-state index in [9.17, 15) is 28.8 Å². The van der Waals surface area contributed by atoms with Crippen LogP contribution in [-0.2, 0) is 38.1 Å². The molecule has 374 valence electrons. The Morgan fingerprint density at radius 3 is 2.34 bits per heavy atom. The van der Waals surface area contributed by atoms with Crippen LogP contribution in [-0.4, -0.2) is 150 Å². The summed E-state index contributed by atoms with van der Waals surface area (Å²) in [6.45, 7) is 16.6. The van der Waals surface area contributed by atoms with E-state index in [1.54, 1.807) is 13.0 Å². The number of rotatable bonds is 18. The van der Waals surface area contributed by atoms with Crippen LogP contribution in [0.15, 0.2) is 24.3 Å². The Bertz CT molecular complexity index is 2780. The molecule has 8 bridgehead atoms. The van der Waals surface area contributed by atoms with Crippen LogP contribution in [0.25, 0.3) is 39.3 Å². The SMILES string of the molecule is CCC1=C(C)c2cc3[nH]c(cc4nc(c5c6[nH]c(cc1n2)c(C)c6C(=O)N(CCN1CCOCC1)C5=O)[C@@H](CCC(=O)OC)[C@@H]4C)c(C)c3/C=C/C(=O)OCCOCCNC(=O)[C@H](C)NC(=O)[C@H](C)N. The van der Waals surface area contributed by atoms with Gasteiger partial charge in [-0.2, -0.15) is 0 Å². The summed E-state index contributed by atoms with van der Waals surface area (Å²) in [5, 5.41) is 5.21. The Kier molecular flexibility index (Phi) is 16.5. The van der Waals surface area contributed by atoms with Gasteiger partial charge in [0, 0.05) is 84.9 Å². The van der Waals surface area contributed by atoms with Crippen molar-refractivity contribution < 1.29 is 47.7 Å². The number of amides is 4. The van der Waals surface area contributed by atoms with E-state index in [1.165, 1.54) is 25.0 Å². The largest absolute Gasteiger partial charge is 0.469 e. The molecule has 7 rings (SSSR count). The molecule has 0 radical (unpaired) electrons. The number of morpholine rings is 1. The maximum atomic E-state index is 15.0. The smallest absolute Gasteiger partial charge is 0.330 e. The van der Waals surface area contributed by atoms with E-state index in [0.29, 0.717) is 107 Å². The molecule has 1 saturated heterocycles. The molecule has 4 aliphatic heterocycles. The fourth-order valence-electron chi connectivity index (χ4n) is 9.32. The Morgan fingerprint density at radius 2 is 1.63 bits per heavy atom. The van der Waals surface area contributed by atoms with Gasteiger partial charge in [-0.25, -0.2) is 9.78 Å². The third-order valence-electron chi connectivity index (χ3n) is 13.5. The van der Waals surface area contributed by atoms with Gasteiger partial charge in [0.25, 0.3) is 11.8 Å². The second-order valence-electron chi connectivity index (χ2n) is 18.1. The van der Waals surface area contributed by atoms with Crippen LogP contribution in [0.1, 0.15) is 126 Å². The lowest BCUT2D eigenvalue weighted by Crippen LogP contribution is -2.49. The van der Waals surface area contributed by atoms with Gasteiger partial charge in [-0.3, -0.25) is 38.8 Å². The molecule has 70 heavy (non-hydrogen) atoms. The molecule has 0 saturated carbocycles. The van der Waals surface area contributed by atoms with Gasteiger partial charge in [-0.15, -0.1) is 0 Å². The van der Waals surface area contributed by atoms with Crippen molar-refractivity contribution >= 4 is 74.9 Å². The average Bonchev–Trinajstić information content (AvgIpc) is 4.02. The van der Waals surface area contributed by atoms with Gasteiger partial charge in [0.2, 0.25) is 11.8 Å². The maximum Gasteiger partial charge on any atom is 0.330 e. The second-order valence-corrected chi connectivity index (χ2v) is 18.1. The Labute approximate surface area is 406 Å². The van der Waals surface area contributed by atoms with Crippen LogP contribution in [0.5, 0.6) is 0 Å². The first kappa shape index (κ1) is 51.3. The highest BCUT2D eigenvalue weighted by Crippen LogP contribution is 2.44. The third-order valence-corrected chi connectivity index (χ3v) is 13.5. The predicted octanol–water partition coefficient (Wildman–Crippen LogP) is 4.58. The summed E-state index contributed by atoms with van der Waals surface area (Å²) in [5.74, 6) is -3.29. The number of nitrogens with two attached hydrogens (primary N) is 1. The monoisotopic (exact) mass is 963 g/mol. The minimum atomic E-state index is -0.763. The Hall–Kier alpha value is -6.54. The summed E-state index contributed by atoms with van der Waals surface area (Å²) in [7, 11) is 1.35. The molecule has 0 aliphatic carbocycles. The molecule has 4 aliphatic rings. The standard InChI is InChI=1S/C51H65N9O10/c1-9-33-27(2)37-25-41-34(10-13-43(62)70-23-22-68-19-14-53-49(64)32(7)54-48(63)31(6)52)28(3)36(56-41)24-38-29(4)35(11-12-42(61)67-8)46(57-38)45-47-44(30(5)39(58-47)26-40(33)55-37)50(65)60(51(45)66)16-15-59-17-20-69-21-18-59/h10,13,24-26,29,31-32,35,56,58H,9,11-12,14-23,52H2,1-8H3,(H,53,64)(H,54,63)/b13-10+,36-24?,37-25?,38-24?,39-26?,40-26?,41-25?,46-45?/t29-,31-,32-,35-/m0/s1. The lowest BCUT2D eigenvalue weighted by atomic mass is 9.84. The normalized spacial score (nSPS) is 18.0. The van der Waals surface area contributed by atoms with Crippen molar-refractivity contribution in [2.75, 3.05) is 72.9 Å². The summed E-state index contributed by atoms with van der Waals surface area (Å²) >= 11 is 0. The van der Waals surface area contributed by atoms with Crippen molar-refractivity contribution in [3.8, 4) is 0 Å². The number of carbonyl (C=O) groups excluding carboxylic acids is 6. The molecule has 4 atom stereocenters. The van der Waals surface area contributed by atoms with Crippen molar-refractivity contribution in [3.05, 3.63) is 74.9 Å². The number of hydrogen-bond donors (Lipinski definition) is 5. The zero-order valence-electron chi connectivity index (χ0n) is 41.3. The van der Waals surface area contributed by atoms with Crippen LogP contribution in [0.2, 0.25) is 0 Å². The number of imide groups is 1. The fourth-order valence-corrected chi connectivity index (χ4v) is 9.32. The quantitative estimate of drug-likeness (QED) is 0.0507. The molecule has 0 aromatic carbocycles. The number of aromatic amines is 2. The molecular weight excluding hydrogens is 899 g/mol. The number of esters is 2. The number of H-pyrrole nitrogens is 2.